The number of fused-ring (bicyclic) bond motifs is 1. The van der Waals surface area contributed by atoms with Crippen LogP contribution in [0.2, 0.25) is 0 Å². The monoisotopic (exact) mass is 425 g/mol. The number of phenols is 1. The summed E-state index contributed by atoms with van der Waals surface area (Å²) in [4.78, 5) is 14.9. The molecule has 2 aromatic carbocycles. The summed E-state index contributed by atoms with van der Waals surface area (Å²) in [5, 5.41) is 20.0. The van der Waals surface area contributed by atoms with E-state index in [9.17, 15) is 15.0 Å². The fourth-order valence-electron chi connectivity index (χ4n) is 4.78. The number of aromatic hydroxyl groups is 1. The van der Waals surface area contributed by atoms with E-state index in [2.05, 4.69) is 17.8 Å². The third-order valence-electron chi connectivity index (χ3n) is 6.26. The van der Waals surface area contributed by atoms with Crippen LogP contribution in [0.1, 0.15) is 49.4 Å². The van der Waals surface area contributed by atoms with Crippen LogP contribution >= 0.6 is 0 Å². The summed E-state index contributed by atoms with van der Waals surface area (Å²) in [6.45, 7) is 3.02. The first kappa shape index (κ1) is 21.6. The Hall–Kier alpha value is -2.61. The lowest BCUT2D eigenvalue weighted by Gasteiger charge is -2.31. The zero-order chi connectivity index (χ0) is 21.8. The lowest BCUT2D eigenvalue weighted by Crippen LogP contribution is -2.42. The van der Waals surface area contributed by atoms with Gasteiger partial charge in [-0.1, -0.05) is 50.1 Å². The number of carbonyl (C=O) groups excluding carboxylic acids is 1. The van der Waals surface area contributed by atoms with Crippen LogP contribution < -0.4 is 15.6 Å². The average molecular weight is 426 g/mol. The van der Waals surface area contributed by atoms with Gasteiger partial charge in [0, 0.05) is 18.0 Å². The summed E-state index contributed by atoms with van der Waals surface area (Å²) >= 11 is 0. The smallest absolute Gasteiger partial charge is 0.242 e. The van der Waals surface area contributed by atoms with Gasteiger partial charge in [-0.2, -0.15) is 0 Å². The Kier molecular flexibility index (Phi) is 6.75. The molecule has 7 nitrogen and oxygen atoms in total. The molecule has 2 saturated heterocycles. The van der Waals surface area contributed by atoms with E-state index in [1.54, 1.807) is 17.0 Å². The third kappa shape index (κ3) is 4.26. The lowest BCUT2D eigenvalue weighted by atomic mass is 9.83. The van der Waals surface area contributed by atoms with Gasteiger partial charge in [0.2, 0.25) is 5.91 Å². The predicted octanol–water partition coefficient (Wildman–Crippen LogP) is 2.67. The molecule has 2 aromatic rings. The Morgan fingerprint density at radius 3 is 2.48 bits per heavy atom. The minimum absolute atomic E-state index is 0.0469. The molecular formula is C24H31N3O4. The number of carbonyl (C=O) groups is 1. The second-order valence-corrected chi connectivity index (χ2v) is 8.20. The number of rotatable bonds is 9. The highest BCUT2D eigenvalue weighted by molar-refractivity contribution is 5.86. The Bertz CT molecular complexity index is 889. The van der Waals surface area contributed by atoms with Crippen molar-refractivity contribution in [3.8, 4) is 11.5 Å². The van der Waals surface area contributed by atoms with Gasteiger partial charge in [0.05, 0.1) is 25.3 Å². The fourth-order valence-corrected chi connectivity index (χ4v) is 4.78. The van der Waals surface area contributed by atoms with Crippen LogP contribution in [0, 0.1) is 5.92 Å². The topological polar surface area (TPSA) is 94.1 Å². The number of likely N-dealkylation sites (tertiary alicyclic amines) is 1. The van der Waals surface area contributed by atoms with Crippen molar-refractivity contribution in [2.45, 2.75) is 44.3 Å². The third-order valence-corrected chi connectivity index (χ3v) is 6.26. The van der Waals surface area contributed by atoms with E-state index in [-0.39, 0.29) is 42.8 Å². The van der Waals surface area contributed by atoms with Crippen LogP contribution in [0.4, 0.5) is 0 Å². The first-order chi connectivity index (χ1) is 15.2. The summed E-state index contributed by atoms with van der Waals surface area (Å²) < 4.78 is 5.84. The number of ether oxygens (including phenoxy) is 1. The second kappa shape index (κ2) is 9.68. The summed E-state index contributed by atoms with van der Waals surface area (Å²) in [5.74, 6) is 0.831. The Balaban J connectivity index is 1.61. The molecule has 2 aliphatic rings. The van der Waals surface area contributed by atoms with Crippen LogP contribution in [-0.2, 0) is 4.79 Å². The Morgan fingerprint density at radius 2 is 1.77 bits per heavy atom. The number of amides is 1. The summed E-state index contributed by atoms with van der Waals surface area (Å²) in [6, 6.07) is 14.2. The maximum atomic E-state index is 13.1. The number of aliphatic hydroxyl groups is 1. The number of hydrazine groups is 1. The molecule has 0 bridgehead atoms. The molecular weight excluding hydrogens is 394 g/mol. The molecule has 2 aliphatic heterocycles. The predicted molar refractivity (Wildman–Crippen MR) is 117 cm³/mol. The highest BCUT2D eigenvalue weighted by atomic mass is 16.5. The summed E-state index contributed by atoms with van der Waals surface area (Å²) in [6.07, 6.45) is 3.33. The molecule has 4 rings (SSSR count). The maximum absolute atomic E-state index is 13.1. The standard InChI is InChI=1S/C24H31N3O4/c1-2-3-6-15-31-17-11-9-16(10-12-17)23-20-21(18-7-4-5-8-19(18)29)25-26-22(20)24(30)27(23)13-14-28/h4-5,7-12,20-23,25-26,28-29H,2-3,6,13-15H2,1H3. The number of nitrogens with zero attached hydrogens (tertiary/aromatic N) is 1. The normalized spacial score (nSPS) is 25.1. The number of β-amino-alcohol motifs (C(OH)–C–C–N with tert-alkyl or cyclic N) is 1. The largest absolute Gasteiger partial charge is 0.508 e. The number of aliphatic hydroxyl groups excluding tert-OH is 1. The molecule has 31 heavy (non-hydrogen) atoms. The summed E-state index contributed by atoms with van der Waals surface area (Å²) in [5.41, 5.74) is 8.08. The lowest BCUT2D eigenvalue weighted by molar-refractivity contribution is -0.131. The summed E-state index contributed by atoms with van der Waals surface area (Å²) in [7, 11) is 0. The van der Waals surface area contributed by atoms with Crippen LogP contribution in [0.5, 0.6) is 11.5 Å². The van der Waals surface area contributed by atoms with Gasteiger partial charge in [-0.3, -0.25) is 4.79 Å². The van der Waals surface area contributed by atoms with Gasteiger partial charge >= 0.3 is 0 Å². The number of para-hydroxylation sites is 1. The number of hydrogen-bond donors (Lipinski definition) is 4. The van der Waals surface area contributed by atoms with Gasteiger partial charge in [-0.15, -0.1) is 0 Å². The average Bonchev–Trinajstić information content (AvgIpc) is 3.32. The molecule has 0 spiro atoms. The first-order valence-electron chi connectivity index (χ1n) is 11.1. The molecule has 0 radical (unpaired) electrons. The zero-order valence-corrected chi connectivity index (χ0v) is 17.8. The van der Waals surface area contributed by atoms with Gasteiger partial charge in [-0.05, 0) is 30.2 Å². The number of benzene rings is 2. The van der Waals surface area contributed by atoms with E-state index in [1.165, 1.54) is 0 Å². The van der Waals surface area contributed by atoms with Gasteiger partial charge in [0.15, 0.2) is 0 Å². The molecule has 0 saturated carbocycles. The molecule has 4 atom stereocenters. The van der Waals surface area contributed by atoms with Crippen molar-refractivity contribution in [2.24, 2.45) is 5.92 Å². The Morgan fingerprint density at radius 1 is 1.03 bits per heavy atom. The van der Waals surface area contributed by atoms with Crippen LogP contribution in [0.25, 0.3) is 0 Å². The molecule has 4 unspecified atom stereocenters. The highest BCUT2D eigenvalue weighted by Crippen LogP contribution is 2.48. The van der Waals surface area contributed by atoms with Crippen LogP contribution in [0.15, 0.2) is 48.5 Å². The van der Waals surface area contributed by atoms with E-state index in [1.807, 2.05) is 36.4 Å². The molecule has 0 aromatic heterocycles. The molecule has 7 heteroatoms. The van der Waals surface area contributed by atoms with Crippen molar-refractivity contribution in [2.75, 3.05) is 19.8 Å². The van der Waals surface area contributed by atoms with Gasteiger partial charge < -0.3 is 19.8 Å². The van der Waals surface area contributed by atoms with Gasteiger partial charge in [0.25, 0.3) is 0 Å². The van der Waals surface area contributed by atoms with Gasteiger partial charge in [-0.25, -0.2) is 10.9 Å². The van der Waals surface area contributed by atoms with E-state index in [0.717, 1.165) is 36.1 Å². The Labute approximate surface area is 183 Å². The molecule has 0 aliphatic carbocycles. The van der Waals surface area contributed by atoms with E-state index in [4.69, 9.17) is 4.74 Å². The zero-order valence-electron chi connectivity index (χ0n) is 17.8. The van der Waals surface area contributed by atoms with Crippen molar-refractivity contribution in [3.63, 3.8) is 0 Å². The van der Waals surface area contributed by atoms with Crippen LogP contribution in [-0.4, -0.2) is 46.8 Å². The van der Waals surface area contributed by atoms with Crippen molar-refractivity contribution in [1.82, 2.24) is 15.8 Å². The molecule has 2 heterocycles. The highest BCUT2D eigenvalue weighted by Gasteiger charge is 2.55. The number of hydrogen-bond acceptors (Lipinski definition) is 6. The van der Waals surface area contributed by atoms with E-state index < -0.39 is 6.04 Å². The van der Waals surface area contributed by atoms with Crippen LogP contribution in [0.3, 0.4) is 0 Å². The van der Waals surface area contributed by atoms with E-state index >= 15 is 0 Å². The second-order valence-electron chi connectivity index (χ2n) is 8.20. The SMILES string of the molecule is CCCCCOc1ccc(C2C3C(NNC3c3ccccc3O)C(=O)N2CCO)cc1. The maximum Gasteiger partial charge on any atom is 0.242 e. The van der Waals surface area contributed by atoms with Crippen molar-refractivity contribution < 1.29 is 19.7 Å². The molecule has 2 fully saturated rings. The van der Waals surface area contributed by atoms with Crippen molar-refractivity contribution >= 4 is 5.91 Å². The quantitative estimate of drug-likeness (QED) is 0.462. The molecule has 1 amide bonds. The number of unbranched alkanes of at least 4 members (excludes halogenated alkanes) is 2. The molecule has 166 valence electrons. The number of nitrogens with one attached hydrogen (secondary N) is 2. The minimum Gasteiger partial charge on any atom is -0.508 e. The fraction of sp³-hybridized carbons (Fsp3) is 0.458. The first-order valence-corrected chi connectivity index (χ1v) is 11.1. The minimum atomic E-state index is -0.425. The number of phenolic OH excluding ortho intramolecular Hbond substituents is 1. The van der Waals surface area contributed by atoms with Crippen molar-refractivity contribution in [1.29, 1.82) is 0 Å². The van der Waals surface area contributed by atoms with Crippen molar-refractivity contribution in [3.05, 3.63) is 59.7 Å². The molecule has 4 N–H and O–H groups in total. The van der Waals surface area contributed by atoms with Gasteiger partial charge in [0.1, 0.15) is 17.5 Å². The van der Waals surface area contributed by atoms with E-state index in [0.29, 0.717) is 6.61 Å².